The molecule has 1 heterocycles. The van der Waals surface area contributed by atoms with Crippen LogP contribution in [0.15, 0.2) is 11.1 Å². The molecule has 1 aromatic rings. The van der Waals surface area contributed by atoms with Crippen molar-refractivity contribution in [3.8, 4) is 5.75 Å². The Labute approximate surface area is 157 Å². The van der Waals surface area contributed by atoms with Crippen molar-refractivity contribution in [2.24, 2.45) is 4.99 Å². The number of benzene rings is 1. The number of nitrogens with zero attached hydrogens (tertiary/aromatic N) is 1. The maximum absolute atomic E-state index is 10.5. The van der Waals surface area contributed by atoms with Crippen molar-refractivity contribution in [1.29, 1.82) is 0 Å². The van der Waals surface area contributed by atoms with Gasteiger partial charge < -0.3 is 11.8 Å². The molecule has 2 rings (SSSR count). The van der Waals surface area contributed by atoms with Gasteiger partial charge in [0.05, 0.1) is 6.54 Å². The van der Waals surface area contributed by atoms with Crippen LogP contribution < -0.4 is 34.9 Å². The second-order valence-corrected chi connectivity index (χ2v) is 6.38. The average molecular weight is 321 g/mol. The molecule has 0 fully saturated rings. The third-order valence-corrected chi connectivity index (χ3v) is 3.80. The second-order valence-electron chi connectivity index (χ2n) is 6.38. The summed E-state index contributed by atoms with van der Waals surface area (Å²) in [6, 6.07) is 2.12. The van der Waals surface area contributed by atoms with Crippen molar-refractivity contribution in [2.45, 2.75) is 46.5 Å². The Morgan fingerprint density at radius 3 is 2.43 bits per heavy atom. The number of aliphatic imine (C=N–C) groups is 1. The van der Waals surface area contributed by atoms with E-state index in [1.54, 1.807) is 0 Å². The Hall–Kier alpha value is -0.220. The molecule has 0 spiro atoms. The number of nitrogens with one attached hydrogen (secondary N) is 1. The Balaban J connectivity index is 0. The summed E-state index contributed by atoms with van der Waals surface area (Å²) >= 11 is 0. The summed E-state index contributed by atoms with van der Waals surface area (Å²) in [5.41, 5.74) is 4.39. The van der Waals surface area contributed by atoms with Gasteiger partial charge in [0.2, 0.25) is 0 Å². The number of hydrogen-bond acceptors (Lipinski definition) is 3. The molecule has 0 saturated carbocycles. The molecule has 114 valence electrons. The number of hydrogen-bond donors (Lipinski definition) is 2. The summed E-state index contributed by atoms with van der Waals surface area (Å²) in [6.07, 6.45) is 0.787. The third kappa shape index (κ3) is 4.62. The van der Waals surface area contributed by atoms with Crippen LogP contribution in [0.25, 0.3) is 0 Å². The van der Waals surface area contributed by atoms with Crippen LogP contribution in [0, 0.1) is 13.8 Å². The van der Waals surface area contributed by atoms with Crippen molar-refractivity contribution in [3.05, 3.63) is 28.3 Å². The van der Waals surface area contributed by atoms with E-state index in [1.165, 1.54) is 11.1 Å². The summed E-state index contributed by atoms with van der Waals surface area (Å²) in [4.78, 5) is 4.44. The van der Waals surface area contributed by atoms with Crippen LogP contribution in [0.2, 0.25) is 0 Å². The molecule has 0 saturated heterocycles. The fraction of sp³-hybridized carbons (Fsp3) is 0.562. The van der Waals surface area contributed by atoms with E-state index in [4.69, 9.17) is 0 Å². The second kappa shape index (κ2) is 7.87. The average Bonchev–Trinajstić information content (AvgIpc) is 2.80. The fourth-order valence-electron chi connectivity index (χ4n) is 2.59. The molecule has 0 radical (unpaired) electrons. The number of phenolic OH excluding ortho intramolecular Hbond substituents is 1. The number of aromatic hydroxyl groups is 1. The molecule has 2 N–H and O–H groups in total. The Kier molecular flexibility index (Phi) is 7.78. The van der Waals surface area contributed by atoms with E-state index < -0.39 is 0 Å². The SMILES string of the molecule is Cc1cc(C(C)(C)C)c(O)c(C)c1CC1=NCCN1.Cl.[H-].[Na+]. The smallest absolute Gasteiger partial charge is 1.00 e. The van der Waals surface area contributed by atoms with Crippen LogP contribution in [-0.2, 0) is 11.8 Å². The summed E-state index contributed by atoms with van der Waals surface area (Å²) in [5.74, 6) is 1.47. The first-order valence-electron chi connectivity index (χ1n) is 6.90. The maximum Gasteiger partial charge on any atom is 1.00 e. The van der Waals surface area contributed by atoms with Crippen LogP contribution in [-0.4, -0.2) is 24.0 Å². The van der Waals surface area contributed by atoms with E-state index in [9.17, 15) is 5.11 Å². The Morgan fingerprint density at radius 1 is 1.33 bits per heavy atom. The topological polar surface area (TPSA) is 44.6 Å². The predicted molar refractivity (Wildman–Crippen MR) is 88.6 cm³/mol. The van der Waals surface area contributed by atoms with Crippen LogP contribution in [0.3, 0.4) is 0 Å². The minimum Gasteiger partial charge on any atom is -1.00 e. The molecule has 21 heavy (non-hydrogen) atoms. The minimum atomic E-state index is -0.0404. The van der Waals surface area contributed by atoms with Crippen LogP contribution in [0.1, 0.15) is 44.5 Å². The van der Waals surface area contributed by atoms with Crippen LogP contribution >= 0.6 is 12.4 Å². The van der Waals surface area contributed by atoms with Gasteiger partial charge in [-0.05, 0) is 41.5 Å². The van der Waals surface area contributed by atoms with E-state index in [-0.39, 0.29) is 48.8 Å². The Morgan fingerprint density at radius 2 is 1.95 bits per heavy atom. The van der Waals surface area contributed by atoms with E-state index in [2.05, 4.69) is 44.1 Å². The molecule has 1 aromatic carbocycles. The standard InChI is InChI=1S/C16H24N2O.ClH.Na.H/c1-10-8-13(16(3,4)5)15(19)11(2)12(10)9-14-17-6-7-18-14;;;/h8,19H,6-7,9H2,1-5H3,(H,17,18);1H;;/q;;+1;-1. The van der Waals surface area contributed by atoms with Gasteiger partial charge in [0.25, 0.3) is 0 Å². The van der Waals surface area contributed by atoms with Gasteiger partial charge in [-0.3, -0.25) is 4.99 Å². The van der Waals surface area contributed by atoms with Gasteiger partial charge in [-0.1, -0.05) is 26.8 Å². The third-order valence-electron chi connectivity index (χ3n) is 3.80. The number of aryl methyl sites for hydroxylation is 1. The Bertz CT molecular complexity index is 542. The molecular weight excluding hydrogens is 295 g/mol. The molecular formula is C16H26ClN2NaO. The molecule has 3 nitrogen and oxygen atoms in total. The molecule has 0 bridgehead atoms. The molecule has 5 heteroatoms. The zero-order chi connectivity index (χ0) is 14.2. The van der Waals surface area contributed by atoms with Crippen LogP contribution in [0.4, 0.5) is 0 Å². The van der Waals surface area contributed by atoms with Crippen molar-refractivity contribution in [1.82, 2.24) is 5.32 Å². The molecule has 0 amide bonds. The number of amidine groups is 1. The predicted octanol–water partition coefficient (Wildman–Crippen LogP) is 0.389. The normalized spacial score (nSPS) is 13.9. The van der Waals surface area contributed by atoms with Gasteiger partial charge in [-0.2, -0.15) is 0 Å². The largest absolute Gasteiger partial charge is 1.00 e. The molecule has 1 aliphatic heterocycles. The maximum atomic E-state index is 10.5. The van der Waals surface area contributed by atoms with Gasteiger partial charge in [0.1, 0.15) is 11.6 Å². The first kappa shape index (κ1) is 20.8. The number of halogens is 1. The monoisotopic (exact) mass is 320 g/mol. The van der Waals surface area contributed by atoms with E-state index in [1.807, 2.05) is 6.92 Å². The van der Waals surface area contributed by atoms with Crippen molar-refractivity contribution in [2.75, 3.05) is 13.1 Å². The van der Waals surface area contributed by atoms with Gasteiger partial charge in [-0.25, -0.2) is 0 Å². The number of phenols is 1. The zero-order valence-electron chi connectivity index (χ0n) is 15.0. The van der Waals surface area contributed by atoms with Crippen molar-refractivity contribution >= 4 is 18.2 Å². The van der Waals surface area contributed by atoms with Crippen LogP contribution in [0.5, 0.6) is 5.75 Å². The van der Waals surface area contributed by atoms with Gasteiger partial charge in [0, 0.05) is 13.0 Å². The quantitative estimate of drug-likeness (QED) is 0.774. The summed E-state index contributed by atoms with van der Waals surface area (Å²) in [6.45, 7) is 12.3. The molecule has 0 aliphatic carbocycles. The first-order valence-corrected chi connectivity index (χ1v) is 6.90. The summed E-state index contributed by atoms with van der Waals surface area (Å²) in [7, 11) is 0. The van der Waals surface area contributed by atoms with Crippen molar-refractivity contribution in [3.63, 3.8) is 0 Å². The van der Waals surface area contributed by atoms with Gasteiger partial charge in [0.15, 0.2) is 0 Å². The molecule has 1 aliphatic rings. The zero-order valence-corrected chi connectivity index (χ0v) is 16.8. The summed E-state index contributed by atoms with van der Waals surface area (Å²) < 4.78 is 0. The number of rotatable bonds is 2. The van der Waals surface area contributed by atoms with E-state index in [0.29, 0.717) is 5.75 Å². The summed E-state index contributed by atoms with van der Waals surface area (Å²) in [5, 5.41) is 13.7. The minimum absolute atomic E-state index is 0. The molecule has 0 aromatic heterocycles. The van der Waals surface area contributed by atoms with Gasteiger partial charge in [-0.15, -0.1) is 12.4 Å². The fourth-order valence-corrected chi connectivity index (χ4v) is 2.59. The van der Waals surface area contributed by atoms with Gasteiger partial charge >= 0.3 is 29.6 Å². The first-order chi connectivity index (χ1) is 8.80. The van der Waals surface area contributed by atoms with E-state index >= 15 is 0 Å². The van der Waals surface area contributed by atoms with Crippen molar-refractivity contribution < 1.29 is 36.1 Å². The van der Waals surface area contributed by atoms with E-state index in [0.717, 1.165) is 36.5 Å². The molecule has 0 atom stereocenters. The molecule has 0 unspecified atom stereocenters.